The second-order valence-electron chi connectivity index (χ2n) is 4.59. The number of fused-ring (bicyclic) bond motifs is 2. The average molecular weight is 270 g/mol. The van der Waals surface area contributed by atoms with Crippen LogP contribution in [0, 0.1) is 0 Å². The molecule has 2 aromatic heterocycles. The van der Waals surface area contributed by atoms with Crippen molar-refractivity contribution in [1.29, 1.82) is 0 Å². The van der Waals surface area contributed by atoms with Gasteiger partial charge in [0.15, 0.2) is 17.3 Å². The van der Waals surface area contributed by atoms with Crippen LogP contribution in [0.5, 0.6) is 11.5 Å². The molecule has 20 heavy (non-hydrogen) atoms. The zero-order valence-corrected chi connectivity index (χ0v) is 10.6. The molecule has 100 valence electrons. The second kappa shape index (κ2) is 3.86. The minimum absolute atomic E-state index is 0.198. The second-order valence-corrected chi connectivity index (χ2v) is 4.59. The van der Waals surface area contributed by atoms with E-state index in [1.807, 2.05) is 0 Å². The van der Waals surface area contributed by atoms with E-state index >= 15 is 0 Å². The van der Waals surface area contributed by atoms with Crippen LogP contribution in [0.4, 0.5) is 0 Å². The van der Waals surface area contributed by atoms with Crippen molar-refractivity contribution < 1.29 is 18.7 Å². The van der Waals surface area contributed by atoms with Crippen LogP contribution < -0.4 is 9.47 Å². The highest BCUT2D eigenvalue weighted by molar-refractivity contribution is 6.08. The van der Waals surface area contributed by atoms with Crippen molar-refractivity contribution in [3.05, 3.63) is 41.9 Å². The zero-order chi connectivity index (χ0) is 13.7. The van der Waals surface area contributed by atoms with E-state index in [0.717, 1.165) is 5.39 Å². The Balaban J connectivity index is 1.79. The molecule has 6 nitrogen and oxygen atoms in total. The molecule has 0 aliphatic carbocycles. The number of carbonyl (C=O) groups excluding carboxylic acids is 1. The molecule has 0 N–H and O–H groups in total. The quantitative estimate of drug-likeness (QED) is 0.667. The Hall–Kier alpha value is -2.76. The summed E-state index contributed by atoms with van der Waals surface area (Å²) < 4.78 is 17.8. The van der Waals surface area contributed by atoms with Gasteiger partial charge in [0.25, 0.3) is 0 Å². The Bertz CT molecular complexity index is 790. The van der Waals surface area contributed by atoms with Crippen molar-refractivity contribution in [2.75, 3.05) is 6.79 Å². The number of furan rings is 1. The molecule has 0 amide bonds. The van der Waals surface area contributed by atoms with Crippen LogP contribution in [-0.2, 0) is 7.05 Å². The van der Waals surface area contributed by atoms with Gasteiger partial charge in [-0.3, -0.25) is 9.48 Å². The average Bonchev–Trinajstić information content (AvgIpc) is 3.12. The first-order valence-corrected chi connectivity index (χ1v) is 6.07. The van der Waals surface area contributed by atoms with Crippen molar-refractivity contribution in [3.8, 4) is 11.5 Å². The third-order valence-corrected chi connectivity index (χ3v) is 3.20. The highest BCUT2D eigenvalue weighted by Crippen LogP contribution is 2.37. The monoisotopic (exact) mass is 270 g/mol. The van der Waals surface area contributed by atoms with E-state index in [1.165, 1.54) is 6.20 Å². The van der Waals surface area contributed by atoms with E-state index in [0.29, 0.717) is 22.6 Å². The molecule has 0 fully saturated rings. The number of ketones is 1. The molecule has 0 saturated carbocycles. The summed E-state index contributed by atoms with van der Waals surface area (Å²) in [6.45, 7) is 0.212. The molecule has 3 heterocycles. The van der Waals surface area contributed by atoms with Gasteiger partial charge >= 0.3 is 0 Å². The minimum atomic E-state index is -0.198. The number of nitrogens with zero attached hydrogens (tertiary/aromatic N) is 2. The van der Waals surface area contributed by atoms with Gasteiger partial charge in [-0.15, -0.1) is 0 Å². The smallest absolute Gasteiger partial charge is 0.231 e. The molecule has 0 atom stereocenters. The summed E-state index contributed by atoms with van der Waals surface area (Å²) in [6.07, 6.45) is 3.17. The summed E-state index contributed by atoms with van der Waals surface area (Å²) in [7, 11) is 1.76. The molecule has 6 heteroatoms. The maximum atomic E-state index is 12.3. The summed E-state index contributed by atoms with van der Waals surface area (Å²) in [5.41, 5.74) is 1.09. The summed E-state index contributed by atoms with van der Waals surface area (Å²) >= 11 is 0. The van der Waals surface area contributed by atoms with Crippen LogP contribution >= 0.6 is 0 Å². The Morgan fingerprint density at radius 2 is 2.05 bits per heavy atom. The van der Waals surface area contributed by atoms with Gasteiger partial charge in [0.2, 0.25) is 12.6 Å². The van der Waals surface area contributed by atoms with E-state index in [9.17, 15) is 4.79 Å². The normalized spacial score (nSPS) is 13.1. The van der Waals surface area contributed by atoms with Crippen LogP contribution in [-0.4, -0.2) is 22.4 Å². The highest BCUT2D eigenvalue weighted by Gasteiger charge is 2.20. The lowest BCUT2D eigenvalue weighted by Crippen LogP contribution is -1.97. The van der Waals surface area contributed by atoms with Crippen molar-refractivity contribution in [1.82, 2.24) is 9.78 Å². The number of aryl methyl sites for hydroxylation is 1. The van der Waals surface area contributed by atoms with Crippen LogP contribution in [0.3, 0.4) is 0 Å². The molecule has 0 spiro atoms. The van der Waals surface area contributed by atoms with Crippen LogP contribution in [0.2, 0.25) is 0 Å². The molecule has 4 rings (SSSR count). The van der Waals surface area contributed by atoms with Gasteiger partial charge in [0, 0.05) is 24.7 Å². The molecule has 1 aliphatic heterocycles. The third-order valence-electron chi connectivity index (χ3n) is 3.20. The van der Waals surface area contributed by atoms with Crippen LogP contribution in [0.15, 0.2) is 35.0 Å². The maximum Gasteiger partial charge on any atom is 0.231 e. The number of ether oxygens (including phenoxy) is 2. The van der Waals surface area contributed by atoms with E-state index in [2.05, 4.69) is 5.10 Å². The lowest BCUT2D eigenvalue weighted by molar-refractivity contribution is 0.101. The van der Waals surface area contributed by atoms with Gasteiger partial charge in [-0.25, -0.2) is 0 Å². The van der Waals surface area contributed by atoms with Crippen molar-refractivity contribution in [3.63, 3.8) is 0 Å². The summed E-state index contributed by atoms with van der Waals surface area (Å²) in [6, 6.07) is 5.24. The van der Waals surface area contributed by atoms with Crippen LogP contribution in [0.1, 0.15) is 16.1 Å². The number of hydrogen-bond acceptors (Lipinski definition) is 5. The van der Waals surface area contributed by atoms with Gasteiger partial charge in [0.05, 0.1) is 11.8 Å². The topological polar surface area (TPSA) is 66.5 Å². The van der Waals surface area contributed by atoms with Gasteiger partial charge in [0.1, 0.15) is 5.58 Å². The fraction of sp³-hybridized carbons (Fsp3) is 0.143. The summed E-state index contributed by atoms with van der Waals surface area (Å²) in [5.74, 6) is 1.37. The van der Waals surface area contributed by atoms with Crippen LogP contribution in [0.25, 0.3) is 11.0 Å². The fourth-order valence-electron chi connectivity index (χ4n) is 2.22. The Morgan fingerprint density at radius 1 is 1.25 bits per heavy atom. The zero-order valence-electron chi connectivity index (χ0n) is 10.6. The van der Waals surface area contributed by atoms with E-state index in [4.69, 9.17) is 13.9 Å². The number of benzene rings is 1. The largest absolute Gasteiger partial charge is 0.454 e. The van der Waals surface area contributed by atoms with Crippen molar-refractivity contribution >= 4 is 16.8 Å². The summed E-state index contributed by atoms with van der Waals surface area (Å²) in [4.78, 5) is 12.3. The lowest BCUT2D eigenvalue weighted by Gasteiger charge is -1.93. The van der Waals surface area contributed by atoms with Crippen molar-refractivity contribution in [2.24, 2.45) is 7.05 Å². The highest BCUT2D eigenvalue weighted by atomic mass is 16.7. The lowest BCUT2D eigenvalue weighted by atomic mass is 10.1. The molecule has 1 aliphatic rings. The van der Waals surface area contributed by atoms with Crippen molar-refractivity contribution in [2.45, 2.75) is 0 Å². The molecule has 0 radical (unpaired) electrons. The molecule has 0 unspecified atom stereocenters. The molecule has 0 saturated heterocycles. The first-order chi connectivity index (χ1) is 9.70. The van der Waals surface area contributed by atoms with Gasteiger partial charge in [-0.2, -0.15) is 5.10 Å². The number of aromatic nitrogens is 2. The Morgan fingerprint density at radius 3 is 2.80 bits per heavy atom. The van der Waals surface area contributed by atoms with E-state index in [-0.39, 0.29) is 18.3 Å². The number of carbonyl (C=O) groups is 1. The Labute approximate surface area is 113 Å². The SMILES string of the molecule is Cn1cc(C(=O)c2cc3cc4c(cc3o2)OCO4)cn1. The summed E-state index contributed by atoms with van der Waals surface area (Å²) in [5, 5.41) is 4.79. The predicted octanol–water partition coefficient (Wildman–Crippen LogP) is 2.13. The van der Waals surface area contributed by atoms with Gasteiger partial charge < -0.3 is 13.9 Å². The fourth-order valence-corrected chi connectivity index (χ4v) is 2.22. The van der Waals surface area contributed by atoms with E-state index in [1.54, 1.807) is 36.1 Å². The standard InChI is InChI=1S/C14H10N2O4/c1-16-6-9(5-15-16)14(17)13-3-8-2-11-12(19-7-18-11)4-10(8)20-13/h2-6H,7H2,1H3. The molecule has 1 aromatic carbocycles. The first-order valence-electron chi connectivity index (χ1n) is 6.07. The molecular formula is C14H10N2O4. The van der Waals surface area contributed by atoms with E-state index < -0.39 is 0 Å². The van der Waals surface area contributed by atoms with Gasteiger partial charge in [-0.1, -0.05) is 0 Å². The maximum absolute atomic E-state index is 12.3. The molecular weight excluding hydrogens is 260 g/mol. The predicted molar refractivity (Wildman–Crippen MR) is 69.0 cm³/mol. The third kappa shape index (κ3) is 1.58. The number of rotatable bonds is 2. The first kappa shape index (κ1) is 11.1. The minimum Gasteiger partial charge on any atom is -0.454 e. The van der Waals surface area contributed by atoms with Gasteiger partial charge in [-0.05, 0) is 12.1 Å². The Kier molecular flexibility index (Phi) is 2.14. The number of hydrogen-bond donors (Lipinski definition) is 0. The molecule has 0 bridgehead atoms. The molecule has 3 aromatic rings.